The van der Waals surface area contributed by atoms with E-state index in [1.54, 1.807) is 18.3 Å². The van der Waals surface area contributed by atoms with E-state index in [1.807, 2.05) is 19.1 Å². The quantitative estimate of drug-likeness (QED) is 0.783. The van der Waals surface area contributed by atoms with Gasteiger partial charge >= 0.3 is 0 Å². The molecule has 1 aliphatic heterocycles. The summed E-state index contributed by atoms with van der Waals surface area (Å²) in [5, 5.41) is 3.52. The van der Waals surface area contributed by atoms with Gasteiger partial charge in [0.1, 0.15) is 5.82 Å². The second kappa shape index (κ2) is 6.78. The van der Waals surface area contributed by atoms with Crippen LogP contribution in [-0.2, 0) is 4.74 Å². The maximum atomic E-state index is 12.8. The highest BCUT2D eigenvalue weighted by atomic mass is 32.1. The van der Waals surface area contributed by atoms with E-state index in [1.165, 1.54) is 16.9 Å². The molecule has 2 aromatic heterocycles. The standard InChI is InChI=1S/C18H18N4O2S/c1-12-4-5-14-15(11-12)25-18(20-14)21-17(23)13-3-2-6-19-16(13)22-7-9-24-10-8-22/h2-6,11H,7-10H2,1H3,(H,20,21,23). The molecule has 128 valence electrons. The van der Waals surface area contributed by atoms with E-state index in [0.717, 1.165) is 23.3 Å². The van der Waals surface area contributed by atoms with E-state index in [-0.39, 0.29) is 5.91 Å². The molecular weight excluding hydrogens is 336 g/mol. The second-order valence-corrected chi connectivity index (χ2v) is 6.95. The Balaban J connectivity index is 1.60. The van der Waals surface area contributed by atoms with Crippen molar-refractivity contribution in [3.63, 3.8) is 0 Å². The number of carbonyl (C=O) groups excluding carboxylic acids is 1. The topological polar surface area (TPSA) is 67.4 Å². The Morgan fingerprint density at radius 3 is 2.96 bits per heavy atom. The first-order valence-corrected chi connectivity index (χ1v) is 8.98. The largest absolute Gasteiger partial charge is 0.378 e. The number of fused-ring (bicyclic) bond motifs is 1. The summed E-state index contributed by atoms with van der Waals surface area (Å²) in [6, 6.07) is 9.64. The van der Waals surface area contributed by atoms with Gasteiger partial charge in [0.15, 0.2) is 5.13 Å². The molecular formula is C18H18N4O2S. The predicted octanol–water partition coefficient (Wildman–Crippen LogP) is 3.09. The minimum atomic E-state index is -0.189. The van der Waals surface area contributed by atoms with Crippen LogP contribution in [0.3, 0.4) is 0 Å². The first-order chi connectivity index (χ1) is 12.2. The Morgan fingerprint density at radius 1 is 1.28 bits per heavy atom. The molecule has 1 aliphatic rings. The van der Waals surface area contributed by atoms with Crippen molar-refractivity contribution in [2.75, 3.05) is 36.5 Å². The molecule has 4 rings (SSSR count). The second-order valence-electron chi connectivity index (χ2n) is 5.92. The van der Waals surface area contributed by atoms with Crippen LogP contribution in [0.2, 0.25) is 0 Å². The van der Waals surface area contributed by atoms with Gasteiger partial charge in [-0.1, -0.05) is 17.4 Å². The number of ether oxygens (including phenoxy) is 1. The minimum Gasteiger partial charge on any atom is -0.378 e. The van der Waals surface area contributed by atoms with E-state index in [2.05, 4.69) is 26.3 Å². The summed E-state index contributed by atoms with van der Waals surface area (Å²) in [5.74, 6) is 0.505. The summed E-state index contributed by atoms with van der Waals surface area (Å²) in [6.45, 7) is 4.81. The van der Waals surface area contributed by atoms with Gasteiger partial charge in [-0.25, -0.2) is 9.97 Å². The first kappa shape index (κ1) is 16.0. The van der Waals surface area contributed by atoms with Crippen molar-refractivity contribution in [2.45, 2.75) is 6.92 Å². The van der Waals surface area contributed by atoms with Gasteiger partial charge in [0.25, 0.3) is 5.91 Å². The average Bonchev–Trinajstić information content (AvgIpc) is 3.03. The molecule has 7 heteroatoms. The van der Waals surface area contributed by atoms with Gasteiger partial charge in [-0.3, -0.25) is 10.1 Å². The van der Waals surface area contributed by atoms with E-state index in [9.17, 15) is 4.79 Å². The van der Waals surface area contributed by atoms with Crippen LogP contribution >= 0.6 is 11.3 Å². The molecule has 0 bridgehead atoms. The number of pyridine rings is 1. The molecule has 1 saturated heterocycles. The number of benzene rings is 1. The van der Waals surface area contributed by atoms with Crippen molar-refractivity contribution >= 4 is 38.4 Å². The Hall–Kier alpha value is -2.51. The first-order valence-electron chi connectivity index (χ1n) is 8.17. The maximum Gasteiger partial charge on any atom is 0.261 e. The summed E-state index contributed by atoms with van der Waals surface area (Å²) < 4.78 is 6.45. The third-order valence-electron chi connectivity index (χ3n) is 4.11. The zero-order chi connectivity index (χ0) is 17.2. The Morgan fingerprint density at radius 2 is 2.12 bits per heavy atom. The van der Waals surface area contributed by atoms with Gasteiger partial charge in [-0.05, 0) is 36.8 Å². The Bertz CT molecular complexity index is 918. The van der Waals surface area contributed by atoms with Gasteiger partial charge in [0, 0.05) is 19.3 Å². The monoisotopic (exact) mass is 354 g/mol. The normalized spacial score (nSPS) is 14.7. The van der Waals surface area contributed by atoms with Gasteiger partial charge in [0.05, 0.1) is 29.0 Å². The number of morpholine rings is 1. The number of aromatic nitrogens is 2. The third kappa shape index (κ3) is 3.33. The number of aryl methyl sites for hydroxylation is 1. The lowest BCUT2D eigenvalue weighted by atomic mass is 10.2. The lowest BCUT2D eigenvalue weighted by molar-refractivity contribution is 0.102. The average molecular weight is 354 g/mol. The molecule has 1 aromatic carbocycles. The molecule has 1 N–H and O–H groups in total. The summed E-state index contributed by atoms with van der Waals surface area (Å²) >= 11 is 1.48. The molecule has 0 radical (unpaired) electrons. The Kier molecular flexibility index (Phi) is 4.33. The summed E-state index contributed by atoms with van der Waals surface area (Å²) in [4.78, 5) is 23.8. The molecule has 0 atom stereocenters. The number of thiazole rings is 1. The highest BCUT2D eigenvalue weighted by Crippen LogP contribution is 2.28. The lowest BCUT2D eigenvalue weighted by Gasteiger charge is -2.29. The molecule has 3 aromatic rings. The molecule has 1 fully saturated rings. The van der Waals surface area contributed by atoms with Gasteiger partial charge < -0.3 is 9.64 Å². The van der Waals surface area contributed by atoms with Crippen molar-refractivity contribution in [3.8, 4) is 0 Å². The highest BCUT2D eigenvalue weighted by Gasteiger charge is 2.20. The van der Waals surface area contributed by atoms with Crippen LogP contribution in [-0.4, -0.2) is 42.2 Å². The van der Waals surface area contributed by atoms with Gasteiger partial charge in [-0.15, -0.1) is 0 Å². The fourth-order valence-electron chi connectivity index (χ4n) is 2.85. The van der Waals surface area contributed by atoms with Crippen LogP contribution in [0.5, 0.6) is 0 Å². The fraction of sp³-hybridized carbons (Fsp3) is 0.278. The molecule has 6 nitrogen and oxygen atoms in total. The van der Waals surface area contributed by atoms with E-state index >= 15 is 0 Å². The number of rotatable bonds is 3. The molecule has 0 unspecified atom stereocenters. The smallest absolute Gasteiger partial charge is 0.261 e. The number of nitrogens with one attached hydrogen (secondary N) is 1. The van der Waals surface area contributed by atoms with Crippen molar-refractivity contribution < 1.29 is 9.53 Å². The molecule has 0 spiro atoms. The lowest BCUT2D eigenvalue weighted by Crippen LogP contribution is -2.38. The third-order valence-corrected chi connectivity index (χ3v) is 5.04. The number of amides is 1. The Labute approximate surface area is 149 Å². The maximum absolute atomic E-state index is 12.8. The van der Waals surface area contributed by atoms with E-state index in [0.29, 0.717) is 29.7 Å². The van der Waals surface area contributed by atoms with Crippen LogP contribution in [0.4, 0.5) is 10.9 Å². The summed E-state index contributed by atoms with van der Waals surface area (Å²) in [6.07, 6.45) is 1.71. The van der Waals surface area contributed by atoms with Crippen LogP contribution in [0.1, 0.15) is 15.9 Å². The SMILES string of the molecule is Cc1ccc2nc(NC(=O)c3cccnc3N3CCOCC3)sc2c1. The van der Waals surface area contributed by atoms with Crippen LogP contribution in [0, 0.1) is 6.92 Å². The number of nitrogens with zero attached hydrogens (tertiary/aromatic N) is 3. The molecule has 0 aliphatic carbocycles. The number of hydrogen-bond acceptors (Lipinski definition) is 6. The van der Waals surface area contributed by atoms with Crippen LogP contribution in [0.25, 0.3) is 10.2 Å². The van der Waals surface area contributed by atoms with Crippen LogP contribution < -0.4 is 10.2 Å². The predicted molar refractivity (Wildman–Crippen MR) is 99.6 cm³/mol. The molecule has 0 saturated carbocycles. The van der Waals surface area contributed by atoms with Crippen molar-refractivity contribution in [1.29, 1.82) is 0 Å². The minimum absolute atomic E-state index is 0.189. The van der Waals surface area contributed by atoms with Crippen LogP contribution in [0.15, 0.2) is 36.5 Å². The van der Waals surface area contributed by atoms with Gasteiger partial charge in [-0.2, -0.15) is 0 Å². The summed E-state index contributed by atoms with van der Waals surface area (Å²) in [7, 11) is 0. The highest BCUT2D eigenvalue weighted by molar-refractivity contribution is 7.22. The summed E-state index contributed by atoms with van der Waals surface area (Å²) in [5.41, 5.74) is 2.63. The fourth-order valence-corrected chi connectivity index (χ4v) is 3.81. The van der Waals surface area contributed by atoms with Crippen molar-refractivity contribution in [1.82, 2.24) is 9.97 Å². The zero-order valence-corrected chi connectivity index (χ0v) is 14.7. The number of carbonyl (C=O) groups is 1. The van der Waals surface area contributed by atoms with E-state index < -0.39 is 0 Å². The molecule has 25 heavy (non-hydrogen) atoms. The van der Waals surface area contributed by atoms with Crippen molar-refractivity contribution in [2.24, 2.45) is 0 Å². The zero-order valence-electron chi connectivity index (χ0n) is 13.9. The molecule has 1 amide bonds. The van der Waals surface area contributed by atoms with Gasteiger partial charge in [0.2, 0.25) is 0 Å². The molecule has 3 heterocycles. The number of anilines is 2. The van der Waals surface area contributed by atoms with E-state index in [4.69, 9.17) is 4.74 Å². The number of hydrogen-bond donors (Lipinski definition) is 1. The van der Waals surface area contributed by atoms with Crippen molar-refractivity contribution in [3.05, 3.63) is 47.7 Å².